The van der Waals surface area contributed by atoms with Gasteiger partial charge in [0.15, 0.2) is 0 Å². The number of benzene rings is 2. The molecule has 0 radical (unpaired) electrons. The van der Waals surface area contributed by atoms with Crippen LogP contribution in [-0.2, 0) is 25.5 Å². The molecular weight excluding hydrogens is 354 g/mol. The molecule has 0 amide bonds. The zero-order valence-electron chi connectivity index (χ0n) is 16.6. The lowest BCUT2D eigenvalue weighted by Crippen LogP contribution is -2.31. The smallest absolute Gasteiger partial charge is 0.0701 e. The van der Waals surface area contributed by atoms with Gasteiger partial charge in [-0.05, 0) is 22.8 Å². The summed E-state index contributed by atoms with van der Waals surface area (Å²) in [6.45, 7) is 7.67. The number of rotatable bonds is 3. The summed E-state index contributed by atoms with van der Waals surface area (Å²) in [5.41, 5.74) is 3.79. The van der Waals surface area contributed by atoms with E-state index in [1.807, 2.05) is 6.07 Å². The summed E-state index contributed by atoms with van der Waals surface area (Å²) in [5.74, 6) is 0. The molecular formula is C23H31NO4. The van der Waals surface area contributed by atoms with Gasteiger partial charge in [0.25, 0.3) is 0 Å². The molecule has 0 aliphatic carbocycles. The van der Waals surface area contributed by atoms with Crippen molar-refractivity contribution in [1.29, 1.82) is 0 Å². The van der Waals surface area contributed by atoms with Crippen LogP contribution in [0.1, 0.15) is 5.56 Å². The second-order valence-corrected chi connectivity index (χ2v) is 6.79. The van der Waals surface area contributed by atoms with Gasteiger partial charge in [0.05, 0.1) is 52.9 Å². The summed E-state index contributed by atoms with van der Waals surface area (Å²) in [7, 11) is 0. The van der Waals surface area contributed by atoms with E-state index in [2.05, 4.69) is 53.4 Å². The van der Waals surface area contributed by atoms with Crippen molar-refractivity contribution in [3.63, 3.8) is 0 Å². The lowest BCUT2D eigenvalue weighted by Gasteiger charge is -2.22. The Morgan fingerprint density at radius 3 is 1.71 bits per heavy atom. The summed E-state index contributed by atoms with van der Waals surface area (Å²) in [6.07, 6.45) is 0. The first kappa shape index (κ1) is 21.0. The lowest BCUT2D eigenvalue weighted by atomic mass is 10.0. The third kappa shape index (κ3) is 7.70. The third-order valence-electron chi connectivity index (χ3n) is 4.66. The fourth-order valence-corrected chi connectivity index (χ4v) is 3.16. The predicted octanol–water partition coefficient (Wildman–Crippen LogP) is 3.24. The second kappa shape index (κ2) is 12.6. The van der Waals surface area contributed by atoms with E-state index in [1.165, 1.54) is 16.7 Å². The Bertz CT molecular complexity index is 649. The zero-order chi connectivity index (χ0) is 19.3. The SMILES string of the molecule is c1ccc(-c2cccc(CN3CCOCCOCCOCCOCC3)c2)cc1. The highest BCUT2D eigenvalue weighted by molar-refractivity contribution is 5.63. The Kier molecular flexibility index (Phi) is 9.47. The van der Waals surface area contributed by atoms with Crippen molar-refractivity contribution >= 4 is 0 Å². The van der Waals surface area contributed by atoms with Crippen molar-refractivity contribution < 1.29 is 18.9 Å². The van der Waals surface area contributed by atoms with Crippen molar-refractivity contribution in [2.45, 2.75) is 6.54 Å². The topological polar surface area (TPSA) is 40.2 Å². The number of hydrogen-bond donors (Lipinski definition) is 0. The van der Waals surface area contributed by atoms with Crippen molar-refractivity contribution in [3.05, 3.63) is 60.2 Å². The summed E-state index contributed by atoms with van der Waals surface area (Å²) in [6, 6.07) is 19.3. The standard InChI is InChI=1S/C23H31NO4/c1-2-6-22(7-3-1)23-8-4-5-21(19-23)20-24-9-11-25-13-15-27-17-18-28-16-14-26-12-10-24/h1-8,19H,9-18,20H2. The van der Waals surface area contributed by atoms with E-state index in [4.69, 9.17) is 18.9 Å². The highest BCUT2D eigenvalue weighted by atomic mass is 16.6. The zero-order valence-corrected chi connectivity index (χ0v) is 16.6. The molecule has 0 spiro atoms. The van der Waals surface area contributed by atoms with Crippen LogP contribution in [0.15, 0.2) is 54.6 Å². The maximum atomic E-state index is 5.72. The highest BCUT2D eigenvalue weighted by Crippen LogP contribution is 2.20. The minimum atomic E-state index is 0.604. The Hall–Kier alpha value is -1.76. The molecule has 5 nitrogen and oxygen atoms in total. The Labute approximate surface area is 168 Å². The largest absolute Gasteiger partial charge is 0.378 e. The van der Waals surface area contributed by atoms with Crippen LogP contribution in [0.4, 0.5) is 0 Å². The molecule has 28 heavy (non-hydrogen) atoms. The fraction of sp³-hybridized carbons (Fsp3) is 0.478. The molecule has 3 rings (SSSR count). The average molecular weight is 386 g/mol. The first-order chi connectivity index (χ1) is 13.9. The second-order valence-electron chi connectivity index (χ2n) is 6.79. The molecule has 1 saturated heterocycles. The van der Waals surface area contributed by atoms with Gasteiger partial charge in [-0.2, -0.15) is 0 Å². The van der Waals surface area contributed by atoms with Crippen molar-refractivity contribution in [3.8, 4) is 11.1 Å². The molecule has 1 fully saturated rings. The summed E-state index contributed by atoms with van der Waals surface area (Å²) in [5, 5.41) is 0. The molecule has 0 saturated carbocycles. The van der Waals surface area contributed by atoms with Gasteiger partial charge in [0, 0.05) is 19.6 Å². The van der Waals surface area contributed by atoms with Crippen molar-refractivity contribution in [1.82, 2.24) is 4.90 Å². The Morgan fingerprint density at radius 1 is 0.571 bits per heavy atom. The molecule has 0 atom stereocenters. The van der Waals surface area contributed by atoms with Gasteiger partial charge < -0.3 is 18.9 Å². The fourth-order valence-electron chi connectivity index (χ4n) is 3.16. The van der Waals surface area contributed by atoms with Crippen LogP contribution < -0.4 is 0 Å². The molecule has 0 unspecified atom stereocenters. The summed E-state index contributed by atoms with van der Waals surface area (Å²) >= 11 is 0. The van der Waals surface area contributed by atoms with Crippen LogP contribution >= 0.6 is 0 Å². The maximum Gasteiger partial charge on any atom is 0.0701 e. The van der Waals surface area contributed by atoms with E-state index in [-0.39, 0.29) is 0 Å². The predicted molar refractivity (Wildman–Crippen MR) is 110 cm³/mol. The maximum absolute atomic E-state index is 5.72. The van der Waals surface area contributed by atoms with Gasteiger partial charge in [-0.3, -0.25) is 4.90 Å². The van der Waals surface area contributed by atoms with Crippen LogP contribution in [0, 0.1) is 0 Å². The number of nitrogens with zero attached hydrogens (tertiary/aromatic N) is 1. The first-order valence-corrected chi connectivity index (χ1v) is 10.1. The monoisotopic (exact) mass is 385 g/mol. The molecule has 1 aliphatic heterocycles. The van der Waals surface area contributed by atoms with Crippen LogP contribution in [0.2, 0.25) is 0 Å². The van der Waals surface area contributed by atoms with Crippen molar-refractivity contribution in [2.24, 2.45) is 0 Å². The van der Waals surface area contributed by atoms with Crippen molar-refractivity contribution in [2.75, 3.05) is 65.9 Å². The summed E-state index contributed by atoms with van der Waals surface area (Å²) in [4.78, 5) is 2.38. The van der Waals surface area contributed by atoms with Gasteiger partial charge in [-0.25, -0.2) is 0 Å². The molecule has 2 aromatic carbocycles. The molecule has 0 N–H and O–H groups in total. The molecule has 1 heterocycles. The molecule has 0 aromatic heterocycles. The van der Waals surface area contributed by atoms with Crippen LogP contribution in [-0.4, -0.2) is 70.8 Å². The van der Waals surface area contributed by atoms with E-state index in [0.29, 0.717) is 52.9 Å². The van der Waals surface area contributed by atoms with Gasteiger partial charge >= 0.3 is 0 Å². The Balaban J connectivity index is 1.57. The van der Waals surface area contributed by atoms with E-state index < -0.39 is 0 Å². The van der Waals surface area contributed by atoms with Gasteiger partial charge in [-0.15, -0.1) is 0 Å². The lowest BCUT2D eigenvalue weighted by molar-refractivity contribution is 0.00206. The molecule has 5 heteroatoms. The van der Waals surface area contributed by atoms with Gasteiger partial charge in [0.2, 0.25) is 0 Å². The normalized spacial score (nSPS) is 18.9. The molecule has 152 valence electrons. The van der Waals surface area contributed by atoms with Crippen LogP contribution in [0.5, 0.6) is 0 Å². The van der Waals surface area contributed by atoms with Gasteiger partial charge in [-0.1, -0.05) is 48.5 Å². The highest BCUT2D eigenvalue weighted by Gasteiger charge is 2.08. The average Bonchev–Trinajstić information content (AvgIpc) is 2.75. The molecule has 2 aromatic rings. The van der Waals surface area contributed by atoms with E-state index in [0.717, 1.165) is 19.6 Å². The van der Waals surface area contributed by atoms with Gasteiger partial charge in [0.1, 0.15) is 0 Å². The minimum Gasteiger partial charge on any atom is -0.378 e. The molecule has 1 aliphatic rings. The Morgan fingerprint density at radius 2 is 1.11 bits per heavy atom. The van der Waals surface area contributed by atoms with E-state index in [1.54, 1.807) is 0 Å². The quantitative estimate of drug-likeness (QED) is 0.811. The van der Waals surface area contributed by atoms with Crippen LogP contribution in [0.25, 0.3) is 11.1 Å². The third-order valence-corrected chi connectivity index (χ3v) is 4.66. The summed E-state index contributed by atoms with van der Waals surface area (Å²) < 4.78 is 22.4. The number of hydrogen-bond acceptors (Lipinski definition) is 5. The molecule has 0 bridgehead atoms. The minimum absolute atomic E-state index is 0.604. The van der Waals surface area contributed by atoms with Crippen LogP contribution in [0.3, 0.4) is 0 Å². The van der Waals surface area contributed by atoms with E-state index in [9.17, 15) is 0 Å². The first-order valence-electron chi connectivity index (χ1n) is 10.1. The number of ether oxygens (including phenoxy) is 4. The van der Waals surface area contributed by atoms with E-state index >= 15 is 0 Å².